The molecular weight excluding hydrogens is 130 g/mol. The SMILES string of the molecule is COCC(=O)NOS. The number of ether oxygens (including phenoxy) is 1. The van der Waals surface area contributed by atoms with Crippen LogP contribution in [0.25, 0.3) is 0 Å². The van der Waals surface area contributed by atoms with E-state index in [9.17, 15) is 4.79 Å². The lowest BCUT2D eigenvalue weighted by molar-refractivity contribution is -0.130. The highest BCUT2D eigenvalue weighted by atomic mass is 32.1. The molecule has 0 aliphatic heterocycles. The molecule has 0 saturated heterocycles. The van der Waals surface area contributed by atoms with Gasteiger partial charge in [-0.2, -0.15) is 0 Å². The molecule has 0 saturated carbocycles. The molecule has 48 valence electrons. The second kappa shape index (κ2) is 4.89. The Morgan fingerprint density at radius 1 is 1.88 bits per heavy atom. The zero-order valence-corrected chi connectivity index (χ0v) is 5.27. The van der Waals surface area contributed by atoms with Crippen molar-refractivity contribution in [2.75, 3.05) is 13.7 Å². The van der Waals surface area contributed by atoms with Crippen molar-refractivity contribution < 1.29 is 13.8 Å². The van der Waals surface area contributed by atoms with E-state index in [1.165, 1.54) is 7.11 Å². The lowest BCUT2D eigenvalue weighted by atomic mass is 10.7. The van der Waals surface area contributed by atoms with Crippen LogP contribution in [0.2, 0.25) is 0 Å². The summed E-state index contributed by atoms with van der Waals surface area (Å²) in [5.74, 6) is -0.359. The number of carbonyl (C=O) groups is 1. The van der Waals surface area contributed by atoms with Crippen molar-refractivity contribution in [2.45, 2.75) is 0 Å². The Labute approximate surface area is 52.7 Å². The van der Waals surface area contributed by atoms with Crippen LogP contribution >= 0.6 is 12.9 Å². The van der Waals surface area contributed by atoms with Crippen LogP contribution < -0.4 is 5.48 Å². The summed E-state index contributed by atoms with van der Waals surface area (Å²) in [5.41, 5.74) is 1.95. The number of methoxy groups -OCH3 is 1. The van der Waals surface area contributed by atoms with Crippen LogP contribution in [0.1, 0.15) is 0 Å². The summed E-state index contributed by atoms with van der Waals surface area (Å²) < 4.78 is 8.40. The highest BCUT2D eigenvalue weighted by Gasteiger charge is 1.94. The number of rotatable bonds is 3. The minimum Gasteiger partial charge on any atom is -0.375 e. The highest BCUT2D eigenvalue weighted by Crippen LogP contribution is 1.71. The van der Waals surface area contributed by atoms with E-state index >= 15 is 0 Å². The molecule has 5 heteroatoms. The van der Waals surface area contributed by atoms with Gasteiger partial charge in [0, 0.05) is 20.0 Å². The molecule has 0 bridgehead atoms. The van der Waals surface area contributed by atoms with E-state index < -0.39 is 0 Å². The van der Waals surface area contributed by atoms with Gasteiger partial charge in [-0.1, -0.05) is 0 Å². The monoisotopic (exact) mass is 137 g/mol. The summed E-state index contributed by atoms with van der Waals surface area (Å²) in [5, 5.41) is 0. The average molecular weight is 137 g/mol. The molecule has 0 aliphatic rings. The summed E-state index contributed by atoms with van der Waals surface area (Å²) in [4.78, 5) is 10.2. The van der Waals surface area contributed by atoms with Gasteiger partial charge in [0.2, 0.25) is 0 Å². The smallest absolute Gasteiger partial charge is 0.270 e. The van der Waals surface area contributed by atoms with Crippen LogP contribution in [0.15, 0.2) is 0 Å². The van der Waals surface area contributed by atoms with Gasteiger partial charge in [-0.05, 0) is 0 Å². The van der Waals surface area contributed by atoms with E-state index in [0.29, 0.717) is 0 Å². The number of thiol groups is 1. The predicted octanol–water partition coefficient (Wildman–Crippen LogP) is -0.475. The van der Waals surface area contributed by atoms with E-state index in [1.807, 2.05) is 5.48 Å². The molecule has 0 heterocycles. The zero-order chi connectivity index (χ0) is 6.41. The number of hydrogen-bond acceptors (Lipinski definition) is 4. The Morgan fingerprint density at radius 3 is 2.88 bits per heavy atom. The zero-order valence-electron chi connectivity index (χ0n) is 4.38. The van der Waals surface area contributed by atoms with Crippen molar-refractivity contribution in [3.63, 3.8) is 0 Å². The van der Waals surface area contributed by atoms with Gasteiger partial charge >= 0.3 is 0 Å². The Bertz CT molecular complexity index is 68.9. The van der Waals surface area contributed by atoms with Crippen molar-refractivity contribution >= 4 is 18.8 Å². The number of nitrogens with one attached hydrogen (secondary N) is 1. The maximum atomic E-state index is 10.2. The van der Waals surface area contributed by atoms with Gasteiger partial charge in [-0.15, -0.1) is 0 Å². The number of hydroxylamine groups is 1. The molecule has 0 unspecified atom stereocenters. The minimum atomic E-state index is -0.359. The van der Waals surface area contributed by atoms with Crippen LogP contribution in [-0.4, -0.2) is 19.6 Å². The first-order valence-electron chi connectivity index (χ1n) is 1.89. The van der Waals surface area contributed by atoms with Gasteiger partial charge in [0.05, 0.1) is 0 Å². The van der Waals surface area contributed by atoms with Gasteiger partial charge in [-0.25, -0.2) is 9.76 Å². The maximum Gasteiger partial charge on any atom is 0.270 e. The van der Waals surface area contributed by atoms with E-state index in [-0.39, 0.29) is 12.5 Å². The lowest BCUT2D eigenvalue weighted by Crippen LogP contribution is -2.24. The normalized spacial score (nSPS) is 8.75. The number of hydrogen-bond donors (Lipinski definition) is 2. The minimum absolute atomic E-state index is 0.0133. The van der Waals surface area contributed by atoms with Crippen LogP contribution in [0.5, 0.6) is 0 Å². The summed E-state index contributed by atoms with van der Waals surface area (Å²) >= 11 is 3.27. The molecule has 0 aromatic heterocycles. The molecule has 0 radical (unpaired) electrons. The fourth-order valence-electron chi connectivity index (χ4n) is 0.211. The predicted molar refractivity (Wildman–Crippen MR) is 30.1 cm³/mol. The van der Waals surface area contributed by atoms with Crippen molar-refractivity contribution in [2.24, 2.45) is 0 Å². The second-order valence-electron chi connectivity index (χ2n) is 1.05. The first kappa shape index (κ1) is 7.74. The molecule has 0 atom stereocenters. The molecule has 0 aliphatic carbocycles. The molecule has 0 spiro atoms. The van der Waals surface area contributed by atoms with Gasteiger partial charge < -0.3 is 4.74 Å². The fourth-order valence-corrected chi connectivity index (χ4v) is 0.313. The highest BCUT2D eigenvalue weighted by molar-refractivity contribution is 7.75. The molecule has 4 nitrogen and oxygen atoms in total. The first-order chi connectivity index (χ1) is 3.81. The molecule has 0 aromatic carbocycles. The molecule has 0 rings (SSSR count). The molecule has 1 N–H and O–H groups in total. The molecule has 8 heavy (non-hydrogen) atoms. The maximum absolute atomic E-state index is 10.2. The summed E-state index contributed by atoms with van der Waals surface area (Å²) in [6, 6.07) is 0. The third-order valence-corrected chi connectivity index (χ3v) is 0.526. The van der Waals surface area contributed by atoms with Gasteiger partial charge in [0.1, 0.15) is 6.61 Å². The third kappa shape index (κ3) is 3.91. The number of amides is 1. The Morgan fingerprint density at radius 2 is 2.50 bits per heavy atom. The van der Waals surface area contributed by atoms with Gasteiger partial charge in [-0.3, -0.25) is 4.79 Å². The van der Waals surface area contributed by atoms with Gasteiger partial charge in [0.25, 0.3) is 5.91 Å². The standard InChI is InChI=1S/C3H7NO3S/c1-6-2-3(5)4-7-8/h8H,2H2,1H3,(H,4,5). The van der Waals surface area contributed by atoms with Crippen LogP contribution in [-0.2, 0) is 13.8 Å². The van der Waals surface area contributed by atoms with E-state index in [1.54, 1.807) is 0 Å². The number of carbonyl (C=O) groups excluding carboxylic acids is 1. The molecule has 1 amide bonds. The average Bonchev–Trinajstić information content (AvgIpc) is 1.68. The topological polar surface area (TPSA) is 47.6 Å². The fraction of sp³-hybridized carbons (Fsp3) is 0.667. The van der Waals surface area contributed by atoms with E-state index in [0.717, 1.165) is 0 Å². The second-order valence-corrected chi connectivity index (χ2v) is 1.23. The quantitative estimate of drug-likeness (QED) is 0.314. The van der Waals surface area contributed by atoms with Gasteiger partial charge in [0.15, 0.2) is 0 Å². The van der Waals surface area contributed by atoms with Crippen LogP contribution in [0, 0.1) is 0 Å². The molecule has 0 fully saturated rings. The largest absolute Gasteiger partial charge is 0.375 e. The van der Waals surface area contributed by atoms with Crippen LogP contribution in [0.3, 0.4) is 0 Å². The molecular formula is C3H7NO3S. The Hall–Kier alpha value is -0.260. The van der Waals surface area contributed by atoms with E-state index in [2.05, 4.69) is 21.9 Å². The van der Waals surface area contributed by atoms with Crippen LogP contribution in [0.4, 0.5) is 0 Å². The van der Waals surface area contributed by atoms with Crippen molar-refractivity contribution in [3.8, 4) is 0 Å². The summed E-state index contributed by atoms with van der Waals surface area (Å²) in [6.45, 7) is -0.0133. The summed E-state index contributed by atoms with van der Waals surface area (Å²) in [6.07, 6.45) is 0. The molecule has 0 aromatic rings. The first-order valence-corrected chi connectivity index (χ1v) is 2.26. The third-order valence-electron chi connectivity index (χ3n) is 0.435. The lowest BCUT2D eigenvalue weighted by Gasteiger charge is -1.96. The van der Waals surface area contributed by atoms with Crippen molar-refractivity contribution in [1.82, 2.24) is 5.48 Å². The Balaban J connectivity index is 3.06. The van der Waals surface area contributed by atoms with Crippen molar-refractivity contribution in [1.29, 1.82) is 0 Å². The van der Waals surface area contributed by atoms with E-state index in [4.69, 9.17) is 0 Å². The summed E-state index contributed by atoms with van der Waals surface area (Å²) in [7, 11) is 1.41. The van der Waals surface area contributed by atoms with Crippen molar-refractivity contribution in [3.05, 3.63) is 0 Å². The Kier molecular flexibility index (Phi) is 4.73.